The standard InChI is InChI=1S/C21H28N2O3/c1-5-23(6-2)18-10-8-17(9-11-18)22-21(24)16(4)26-20-14-12-19(13-15-20)25-7-3/h8-16H,5-7H2,1-4H3,(H,22,24). The number of carbonyl (C=O) groups is 1. The monoisotopic (exact) mass is 356 g/mol. The fourth-order valence-electron chi connectivity index (χ4n) is 2.63. The molecule has 2 aromatic carbocycles. The molecule has 0 aromatic heterocycles. The van der Waals surface area contributed by atoms with Crippen LogP contribution in [0.4, 0.5) is 11.4 Å². The van der Waals surface area contributed by atoms with Gasteiger partial charge in [0.2, 0.25) is 0 Å². The number of rotatable bonds is 9. The highest BCUT2D eigenvalue weighted by Crippen LogP contribution is 2.20. The fourth-order valence-corrected chi connectivity index (χ4v) is 2.63. The Balaban J connectivity index is 1.91. The zero-order valence-corrected chi connectivity index (χ0v) is 16.0. The summed E-state index contributed by atoms with van der Waals surface area (Å²) in [4.78, 5) is 14.6. The molecule has 0 bridgehead atoms. The third-order valence-corrected chi connectivity index (χ3v) is 4.08. The summed E-state index contributed by atoms with van der Waals surface area (Å²) in [6.07, 6.45) is -0.601. The van der Waals surface area contributed by atoms with E-state index in [1.807, 2.05) is 43.3 Å². The Morgan fingerprint density at radius 1 is 0.962 bits per heavy atom. The number of ether oxygens (including phenoxy) is 2. The number of nitrogens with one attached hydrogen (secondary N) is 1. The molecule has 1 amide bonds. The van der Waals surface area contributed by atoms with Gasteiger partial charge in [0, 0.05) is 24.5 Å². The van der Waals surface area contributed by atoms with Gasteiger partial charge in [0.25, 0.3) is 5.91 Å². The Morgan fingerprint density at radius 2 is 1.54 bits per heavy atom. The lowest BCUT2D eigenvalue weighted by atomic mass is 10.2. The lowest BCUT2D eigenvalue weighted by molar-refractivity contribution is -0.122. The van der Waals surface area contributed by atoms with Crippen LogP contribution >= 0.6 is 0 Å². The minimum atomic E-state index is -0.601. The van der Waals surface area contributed by atoms with Gasteiger partial charge in [0.1, 0.15) is 11.5 Å². The summed E-state index contributed by atoms with van der Waals surface area (Å²) in [5.74, 6) is 1.23. The first-order valence-electron chi connectivity index (χ1n) is 9.12. The Bertz CT molecular complexity index is 679. The van der Waals surface area contributed by atoms with Crippen molar-refractivity contribution in [3.63, 3.8) is 0 Å². The largest absolute Gasteiger partial charge is 0.494 e. The predicted octanol–water partition coefficient (Wildman–Crippen LogP) is 4.34. The zero-order valence-electron chi connectivity index (χ0n) is 16.0. The summed E-state index contributed by atoms with van der Waals surface area (Å²) >= 11 is 0. The molecule has 0 aliphatic rings. The molecule has 0 fully saturated rings. The molecule has 0 saturated heterocycles. The predicted molar refractivity (Wildman–Crippen MR) is 106 cm³/mol. The van der Waals surface area contributed by atoms with Crippen LogP contribution < -0.4 is 19.7 Å². The van der Waals surface area contributed by atoms with Gasteiger partial charge in [0.15, 0.2) is 6.10 Å². The second kappa shape index (κ2) is 9.70. The van der Waals surface area contributed by atoms with Crippen molar-refractivity contribution in [2.75, 3.05) is 29.9 Å². The van der Waals surface area contributed by atoms with Crippen LogP contribution in [0.2, 0.25) is 0 Å². The SMILES string of the molecule is CCOc1ccc(OC(C)C(=O)Nc2ccc(N(CC)CC)cc2)cc1. The van der Waals surface area contributed by atoms with Gasteiger partial charge in [0.05, 0.1) is 6.61 Å². The molecule has 26 heavy (non-hydrogen) atoms. The lowest BCUT2D eigenvalue weighted by Crippen LogP contribution is -2.30. The summed E-state index contributed by atoms with van der Waals surface area (Å²) in [6.45, 7) is 10.4. The summed E-state index contributed by atoms with van der Waals surface area (Å²) in [7, 11) is 0. The minimum Gasteiger partial charge on any atom is -0.494 e. The molecule has 140 valence electrons. The molecule has 0 heterocycles. The minimum absolute atomic E-state index is 0.186. The van der Waals surface area contributed by atoms with Gasteiger partial charge in [-0.3, -0.25) is 4.79 Å². The van der Waals surface area contributed by atoms with Gasteiger partial charge in [-0.2, -0.15) is 0 Å². The highest BCUT2D eigenvalue weighted by atomic mass is 16.5. The van der Waals surface area contributed by atoms with E-state index in [9.17, 15) is 4.79 Å². The van der Waals surface area contributed by atoms with Crippen LogP contribution in [0, 0.1) is 0 Å². The first-order valence-corrected chi connectivity index (χ1v) is 9.12. The first-order chi connectivity index (χ1) is 12.6. The van der Waals surface area contributed by atoms with Crippen molar-refractivity contribution in [2.45, 2.75) is 33.8 Å². The van der Waals surface area contributed by atoms with Crippen LogP contribution in [-0.4, -0.2) is 31.7 Å². The topological polar surface area (TPSA) is 50.8 Å². The normalized spacial score (nSPS) is 11.5. The van der Waals surface area contributed by atoms with Crippen molar-refractivity contribution >= 4 is 17.3 Å². The maximum absolute atomic E-state index is 12.3. The van der Waals surface area contributed by atoms with E-state index in [2.05, 4.69) is 24.1 Å². The second-order valence-electron chi connectivity index (χ2n) is 5.87. The molecular formula is C21H28N2O3. The van der Waals surface area contributed by atoms with Crippen LogP contribution in [0.1, 0.15) is 27.7 Å². The van der Waals surface area contributed by atoms with Crippen molar-refractivity contribution in [3.05, 3.63) is 48.5 Å². The third-order valence-electron chi connectivity index (χ3n) is 4.08. The molecule has 2 aromatic rings. The van der Waals surface area contributed by atoms with Gasteiger partial charge < -0.3 is 19.7 Å². The first kappa shape index (κ1) is 19.6. The number of amides is 1. The van der Waals surface area contributed by atoms with E-state index in [4.69, 9.17) is 9.47 Å². The molecule has 0 aliphatic heterocycles. The number of benzene rings is 2. The number of hydrogen-bond donors (Lipinski definition) is 1. The highest BCUT2D eigenvalue weighted by Gasteiger charge is 2.15. The molecule has 0 radical (unpaired) electrons. The molecule has 1 N–H and O–H groups in total. The van der Waals surface area contributed by atoms with Gasteiger partial charge in [-0.15, -0.1) is 0 Å². The number of anilines is 2. The smallest absolute Gasteiger partial charge is 0.265 e. The molecule has 2 rings (SSSR count). The third kappa shape index (κ3) is 5.41. The van der Waals surface area contributed by atoms with Crippen molar-refractivity contribution in [1.82, 2.24) is 0 Å². The van der Waals surface area contributed by atoms with Gasteiger partial charge in [-0.1, -0.05) is 0 Å². The Labute approximate surface area is 155 Å². The number of hydrogen-bond acceptors (Lipinski definition) is 4. The van der Waals surface area contributed by atoms with Crippen LogP contribution in [0.5, 0.6) is 11.5 Å². The van der Waals surface area contributed by atoms with Crippen molar-refractivity contribution in [3.8, 4) is 11.5 Å². The molecule has 0 spiro atoms. The van der Waals surface area contributed by atoms with Gasteiger partial charge in [-0.05, 0) is 76.2 Å². The van der Waals surface area contributed by atoms with Crippen molar-refractivity contribution in [1.29, 1.82) is 0 Å². The fraction of sp³-hybridized carbons (Fsp3) is 0.381. The van der Waals surface area contributed by atoms with E-state index in [-0.39, 0.29) is 5.91 Å². The number of nitrogens with zero attached hydrogens (tertiary/aromatic N) is 1. The molecule has 0 saturated carbocycles. The second-order valence-corrected chi connectivity index (χ2v) is 5.87. The lowest BCUT2D eigenvalue weighted by Gasteiger charge is -2.21. The summed E-state index contributed by atoms with van der Waals surface area (Å²) in [6, 6.07) is 15.1. The molecule has 5 nitrogen and oxygen atoms in total. The summed E-state index contributed by atoms with van der Waals surface area (Å²) in [5.41, 5.74) is 1.90. The van der Waals surface area contributed by atoms with E-state index in [0.29, 0.717) is 12.4 Å². The van der Waals surface area contributed by atoms with Crippen LogP contribution in [-0.2, 0) is 4.79 Å². The van der Waals surface area contributed by atoms with Gasteiger partial charge in [-0.25, -0.2) is 0 Å². The Kier molecular flexibility index (Phi) is 7.33. The van der Waals surface area contributed by atoms with Crippen molar-refractivity contribution in [2.24, 2.45) is 0 Å². The Hall–Kier alpha value is -2.69. The van der Waals surface area contributed by atoms with Gasteiger partial charge >= 0.3 is 0 Å². The van der Waals surface area contributed by atoms with E-state index < -0.39 is 6.10 Å². The van der Waals surface area contributed by atoms with E-state index in [0.717, 1.165) is 30.2 Å². The zero-order chi connectivity index (χ0) is 18.9. The molecule has 1 unspecified atom stereocenters. The van der Waals surface area contributed by atoms with E-state index in [1.54, 1.807) is 19.1 Å². The Morgan fingerprint density at radius 3 is 2.08 bits per heavy atom. The van der Waals surface area contributed by atoms with E-state index >= 15 is 0 Å². The summed E-state index contributed by atoms with van der Waals surface area (Å²) < 4.78 is 11.1. The quantitative estimate of drug-likeness (QED) is 0.726. The average Bonchev–Trinajstić information content (AvgIpc) is 2.66. The average molecular weight is 356 g/mol. The molecule has 0 aliphatic carbocycles. The van der Waals surface area contributed by atoms with Crippen LogP contribution in [0.25, 0.3) is 0 Å². The van der Waals surface area contributed by atoms with Crippen LogP contribution in [0.3, 0.4) is 0 Å². The molecular weight excluding hydrogens is 328 g/mol. The van der Waals surface area contributed by atoms with Crippen LogP contribution in [0.15, 0.2) is 48.5 Å². The summed E-state index contributed by atoms with van der Waals surface area (Å²) in [5, 5.41) is 2.89. The molecule has 5 heteroatoms. The highest BCUT2D eigenvalue weighted by molar-refractivity contribution is 5.94. The maximum atomic E-state index is 12.3. The number of carbonyl (C=O) groups excluding carboxylic acids is 1. The van der Waals surface area contributed by atoms with Crippen molar-refractivity contribution < 1.29 is 14.3 Å². The maximum Gasteiger partial charge on any atom is 0.265 e. The molecule has 1 atom stereocenters. The van der Waals surface area contributed by atoms with E-state index in [1.165, 1.54) is 0 Å².